The van der Waals surface area contributed by atoms with Gasteiger partial charge in [-0.2, -0.15) is 0 Å². The Balaban J connectivity index is 2.05. The van der Waals surface area contributed by atoms with E-state index >= 15 is 0 Å². The molecule has 114 valence electrons. The Morgan fingerprint density at radius 1 is 1.24 bits per heavy atom. The van der Waals surface area contributed by atoms with Crippen molar-refractivity contribution in [3.05, 3.63) is 29.8 Å². The minimum Gasteiger partial charge on any atom is -0.491 e. The van der Waals surface area contributed by atoms with Gasteiger partial charge in [-0.3, -0.25) is 9.59 Å². The van der Waals surface area contributed by atoms with Crippen LogP contribution < -0.4 is 4.74 Å². The number of aliphatic carboxylic acids is 1. The molecule has 1 N–H and O–H groups in total. The zero-order chi connectivity index (χ0) is 15.6. The lowest BCUT2D eigenvalue weighted by molar-refractivity contribution is -0.142. The summed E-state index contributed by atoms with van der Waals surface area (Å²) < 4.78 is 5.54. The number of hydrogen-bond acceptors (Lipinski definition) is 3. The molecule has 1 aliphatic heterocycles. The average molecular weight is 291 g/mol. The molecule has 0 bridgehead atoms. The molecule has 2 rings (SSSR count). The molecule has 1 aromatic carbocycles. The third-order valence-electron chi connectivity index (χ3n) is 3.69. The van der Waals surface area contributed by atoms with Crippen molar-refractivity contribution in [1.29, 1.82) is 0 Å². The summed E-state index contributed by atoms with van der Waals surface area (Å²) in [6, 6.07) is 6.97. The molecule has 0 unspecified atom stereocenters. The lowest BCUT2D eigenvalue weighted by atomic mass is 9.99. The first kappa shape index (κ1) is 15.4. The Morgan fingerprint density at radius 3 is 2.33 bits per heavy atom. The molecule has 1 amide bonds. The van der Waals surface area contributed by atoms with Crippen molar-refractivity contribution >= 4 is 11.9 Å². The van der Waals surface area contributed by atoms with E-state index in [2.05, 4.69) is 0 Å². The highest BCUT2D eigenvalue weighted by Crippen LogP contribution is 2.25. The molecule has 5 nitrogen and oxygen atoms in total. The molecule has 21 heavy (non-hydrogen) atoms. The molecule has 1 heterocycles. The maximum Gasteiger partial charge on any atom is 0.308 e. The van der Waals surface area contributed by atoms with Gasteiger partial charge in [-0.1, -0.05) is 6.92 Å². The van der Waals surface area contributed by atoms with Crippen LogP contribution in [-0.2, 0) is 4.79 Å². The van der Waals surface area contributed by atoms with Crippen molar-refractivity contribution in [2.75, 3.05) is 13.1 Å². The number of likely N-dealkylation sites (tertiary alicyclic amines) is 1. The molecule has 0 aromatic heterocycles. The summed E-state index contributed by atoms with van der Waals surface area (Å²) in [7, 11) is 0. The van der Waals surface area contributed by atoms with Crippen molar-refractivity contribution in [2.45, 2.75) is 26.9 Å². The van der Waals surface area contributed by atoms with E-state index in [9.17, 15) is 9.59 Å². The SMILES string of the molecule is CC(C)Oc1ccc(C(=O)N2C[C@@H](C)[C@H](C(=O)O)C2)cc1. The first-order valence-electron chi connectivity index (χ1n) is 7.17. The summed E-state index contributed by atoms with van der Waals surface area (Å²) in [6.07, 6.45) is 0.0855. The molecular formula is C16H21NO4. The van der Waals surface area contributed by atoms with Crippen LogP contribution in [0.3, 0.4) is 0 Å². The van der Waals surface area contributed by atoms with Gasteiger partial charge in [0.05, 0.1) is 12.0 Å². The van der Waals surface area contributed by atoms with Crippen molar-refractivity contribution in [2.24, 2.45) is 11.8 Å². The monoisotopic (exact) mass is 291 g/mol. The molecule has 1 fully saturated rings. The van der Waals surface area contributed by atoms with E-state index in [0.717, 1.165) is 5.75 Å². The number of carbonyl (C=O) groups excluding carboxylic acids is 1. The van der Waals surface area contributed by atoms with Gasteiger partial charge >= 0.3 is 5.97 Å². The molecule has 0 aliphatic carbocycles. The number of nitrogens with zero attached hydrogens (tertiary/aromatic N) is 1. The van der Waals surface area contributed by atoms with Crippen molar-refractivity contribution in [3.63, 3.8) is 0 Å². The highest BCUT2D eigenvalue weighted by molar-refractivity contribution is 5.95. The van der Waals surface area contributed by atoms with Gasteiger partial charge in [-0.25, -0.2) is 0 Å². The van der Waals surface area contributed by atoms with E-state index in [1.807, 2.05) is 20.8 Å². The highest BCUT2D eigenvalue weighted by Gasteiger charge is 2.37. The number of benzene rings is 1. The second-order valence-electron chi connectivity index (χ2n) is 5.82. The van der Waals surface area contributed by atoms with Gasteiger partial charge in [0.25, 0.3) is 5.91 Å². The molecule has 1 saturated heterocycles. The molecule has 0 spiro atoms. The summed E-state index contributed by atoms with van der Waals surface area (Å²) in [4.78, 5) is 25.1. The number of hydrogen-bond donors (Lipinski definition) is 1. The largest absolute Gasteiger partial charge is 0.491 e. The predicted molar refractivity (Wildman–Crippen MR) is 78.4 cm³/mol. The molecular weight excluding hydrogens is 270 g/mol. The fraction of sp³-hybridized carbons (Fsp3) is 0.500. The Labute approximate surface area is 124 Å². The number of amides is 1. The standard InChI is InChI=1S/C16H21NO4/c1-10(2)21-13-6-4-12(5-7-13)15(18)17-8-11(3)14(9-17)16(19)20/h4-7,10-11,14H,8-9H2,1-3H3,(H,19,20)/t11-,14-/m1/s1. The van der Waals surface area contributed by atoms with Gasteiger partial charge in [0.2, 0.25) is 0 Å². The van der Waals surface area contributed by atoms with Crippen LogP contribution in [0, 0.1) is 11.8 Å². The summed E-state index contributed by atoms with van der Waals surface area (Å²) >= 11 is 0. The van der Waals surface area contributed by atoms with E-state index in [-0.39, 0.29) is 24.5 Å². The van der Waals surface area contributed by atoms with E-state index in [1.54, 1.807) is 29.2 Å². The van der Waals surface area contributed by atoms with Gasteiger partial charge in [-0.15, -0.1) is 0 Å². The molecule has 0 saturated carbocycles. The van der Waals surface area contributed by atoms with E-state index in [4.69, 9.17) is 9.84 Å². The van der Waals surface area contributed by atoms with Crippen LogP contribution >= 0.6 is 0 Å². The molecule has 1 aliphatic rings. The molecule has 5 heteroatoms. The maximum absolute atomic E-state index is 12.4. The molecule has 2 atom stereocenters. The Hall–Kier alpha value is -2.04. The zero-order valence-corrected chi connectivity index (χ0v) is 12.6. The number of ether oxygens (including phenoxy) is 1. The van der Waals surface area contributed by atoms with E-state index < -0.39 is 11.9 Å². The van der Waals surface area contributed by atoms with Gasteiger partial charge in [0, 0.05) is 18.7 Å². The van der Waals surface area contributed by atoms with E-state index in [0.29, 0.717) is 12.1 Å². The van der Waals surface area contributed by atoms with Crippen LogP contribution in [0.15, 0.2) is 24.3 Å². The third-order valence-corrected chi connectivity index (χ3v) is 3.69. The third kappa shape index (κ3) is 3.54. The Morgan fingerprint density at radius 2 is 1.86 bits per heavy atom. The normalized spacial score (nSPS) is 21.6. The quantitative estimate of drug-likeness (QED) is 0.924. The van der Waals surface area contributed by atoms with Gasteiger partial charge in [-0.05, 0) is 44.0 Å². The zero-order valence-electron chi connectivity index (χ0n) is 12.6. The Bertz CT molecular complexity index is 524. The topological polar surface area (TPSA) is 66.8 Å². The van der Waals surface area contributed by atoms with Crippen LogP contribution in [0.1, 0.15) is 31.1 Å². The highest BCUT2D eigenvalue weighted by atomic mass is 16.5. The summed E-state index contributed by atoms with van der Waals surface area (Å²) in [5.74, 6) is -0.729. The minimum atomic E-state index is -0.835. The summed E-state index contributed by atoms with van der Waals surface area (Å²) in [5, 5.41) is 9.12. The first-order chi connectivity index (χ1) is 9.88. The van der Waals surface area contributed by atoms with E-state index in [1.165, 1.54) is 0 Å². The average Bonchev–Trinajstić information content (AvgIpc) is 2.80. The molecule has 0 radical (unpaired) electrons. The Kier molecular flexibility index (Phi) is 4.50. The van der Waals surface area contributed by atoms with Crippen molar-refractivity contribution < 1.29 is 19.4 Å². The van der Waals surface area contributed by atoms with Gasteiger partial charge in [0.1, 0.15) is 5.75 Å². The van der Waals surface area contributed by atoms with Crippen molar-refractivity contribution in [1.82, 2.24) is 4.90 Å². The number of carboxylic acids is 1. The smallest absolute Gasteiger partial charge is 0.308 e. The second kappa shape index (κ2) is 6.16. The van der Waals surface area contributed by atoms with Gasteiger partial charge in [0.15, 0.2) is 0 Å². The number of rotatable bonds is 4. The van der Waals surface area contributed by atoms with Crippen LogP contribution in [-0.4, -0.2) is 41.1 Å². The van der Waals surface area contributed by atoms with Crippen LogP contribution in [0.5, 0.6) is 5.75 Å². The predicted octanol–water partition coefficient (Wildman–Crippen LogP) is 2.27. The summed E-state index contributed by atoms with van der Waals surface area (Å²) in [6.45, 7) is 6.51. The van der Waals surface area contributed by atoms with Crippen LogP contribution in [0.25, 0.3) is 0 Å². The van der Waals surface area contributed by atoms with Crippen LogP contribution in [0.4, 0.5) is 0 Å². The second-order valence-corrected chi connectivity index (χ2v) is 5.82. The minimum absolute atomic E-state index is 0.0185. The fourth-order valence-corrected chi connectivity index (χ4v) is 2.58. The van der Waals surface area contributed by atoms with Gasteiger partial charge < -0.3 is 14.7 Å². The number of carboxylic acid groups (broad SMARTS) is 1. The number of carbonyl (C=O) groups is 2. The molecule has 1 aromatic rings. The maximum atomic E-state index is 12.4. The first-order valence-corrected chi connectivity index (χ1v) is 7.17. The summed E-state index contributed by atoms with van der Waals surface area (Å²) in [5.41, 5.74) is 0.560. The lowest BCUT2D eigenvalue weighted by Gasteiger charge is -2.16. The lowest BCUT2D eigenvalue weighted by Crippen LogP contribution is -2.29. The van der Waals surface area contributed by atoms with Crippen LogP contribution in [0.2, 0.25) is 0 Å². The fourth-order valence-electron chi connectivity index (χ4n) is 2.58. The van der Waals surface area contributed by atoms with Crippen molar-refractivity contribution in [3.8, 4) is 5.75 Å².